The summed E-state index contributed by atoms with van der Waals surface area (Å²) in [4.78, 5) is 4.56. The van der Waals surface area contributed by atoms with Gasteiger partial charge in [0.25, 0.3) is 0 Å². The maximum atomic E-state index is 5.78. The van der Waals surface area contributed by atoms with Crippen LogP contribution in [0.15, 0.2) is 36.7 Å². The smallest absolute Gasteiger partial charge is 0.142 e. The summed E-state index contributed by atoms with van der Waals surface area (Å²) in [6, 6.07) is 7.57. The van der Waals surface area contributed by atoms with Crippen LogP contribution in [-0.4, -0.2) is 19.7 Å². The van der Waals surface area contributed by atoms with Crippen molar-refractivity contribution >= 4 is 16.7 Å². The number of anilines is 1. The second-order valence-corrected chi connectivity index (χ2v) is 3.87. The van der Waals surface area contributed by atoms with Gasteiger partial charge >= 0.3 is 0 Å². The van der Waals surface area contributed by atoms with Crippen LogP contribution in [0.3, 0.4) is 0 Å². The Labute approximate surface area is 97.9 Å². The van der Waals surface area contributed by atoms with Crippen LogP contribution < -0.4 is 5.73 Å². The molecule has 5 nitrogen and oxygen atoms in total. The molecule has 3 aromatic rings. The second-order valence-electron chi connectivity index (χ2n) is 3.87. The van der Waals surface area contributed by atoms with Crippen molar-refractivity contribution in [2.24, 2.45) is 7.05 Å². The Morgan fingerprint density at radius 3 is 2.82 bits per heavy atom. The van der Waals surface area contributed by atoms with Gasteiger partial charge in [-0.1, -0.05) is 0 Å². The number of nitrogens with zero attached hydrogens (tertiary/aromatic N) is 4. The number of aryl methyl sites for hydroxylation is 1. The van der Waals surface area contributed by atoms with Crippen molar-refractivity contribution in [3.8, 4) is 11.4 Å². The molecule has 0 saturated carbocycles. The van der Waals surface area contributed by atoms with E-state index in [0.717, 1.165) is 28.1 Å². The summed E-state index contributed by atoms with van der Waals surface area (Å²) in [7, 11) is 1.96. The fraction of sp³-hybridized carbons (Fsp3) is 0.0833. The molecule has 0 aliphatic heterocycles. The summed E-state index contributed by atoms with van der Waals surface area (Å²) in [6.07, 6.45) is 3.35. The Balaban J connectivity index is 2.28. The maximum Gasteiger partial charge on any atom is 0.142 e. The molecule has 0 atom stereocenters. The zero-order chi connectivity index (χ0) is 11.8. The van der Waals surface area contributed by atoms with Crippen LogP contribution in [0.1, 0.15) is 0 Å². The Morgan fingerprint density at radius 1 is 1.18 bits per heavy atom. The molecule has 0 aliphatic carbocycles. The largest absolute Gasteiger partial charge is 0.399 e. The zero-order valence-electron chi connectivity index (χ0n) is 9.33. The molecule has 5 heteroatoms. The topological polar surface area (TPSA) is 69.6 Å². The van der Waals surface area contributed by atoms with Gasteiger partial charge in [0.2, 0.25) is 0 Å². The van der Waals surface area contributed by atoms with E-state index in [1.807, 2.05) is 35.9 Å². The van der Waals surface area contributed by atoms with E-state index in [0.29, 0.717) is 0 Å². The predicted octanol–water partition coefficient (Wildman–Crippen LogP) is 1.61. The standard InChI is InChI=1S/C12H11N5/c1-17-11-6-9(13)2-3-10(11)16-12(17)8-4-5-14-15-7-8/h2-7H,13H2,1H3. The van der Waals surface area contributed by atoms with Crippen LogP contribution in [0.5, 0.6) is 0 Å². The van der Waals surface area contributed by atoms with E-state index < -0.39 is 0 Å². The summed E-state index contributed by atoms with van der Waals surface area (Å²) >= 11 is 0. The Kier molecular flexibility index (Phi) is 2.04. The first-order valence-corrected chi connectivity index (χ1v) is 5.25. The lowest BCUT2D eigenvalue weighted by Gasteiger charge is -2.01. The van der Waals surface area contributed by atoms with Crippen LogP contribution in [0.25, 0.3) is 22.4 Å². The minimum Gasteiger partial charge on any atom is -0.399 e. The quantitative estimate of drug-likeness (QED) is 0.639. The van der Waals surface area contributed by atoms with Gasteiger partial charge < -0.3 is 10.3 Å². The Bertz CT molecular complexity index is 672. The third-order valence-electron chi connectivity index (χ3n) is 2.75. The number of imidazole rings is 1. The summed E-state index contributed by atoms with van der Waals surface area (Å²) < 4.78 is 2.00. The molecule has 2 aromatic heterocycles. The first-order chi connectivity index (χ1) is 8.25. The van der Waals surface area contributed by atoms with Crippen molar-refractivity contribution in [2.45, 2.75) is 0 Å². The van der Waals surface area contributed by atoms with Crippen molar-refractivity contribution in [1.29, 1.82) is 0 Å². The van der Waals surface area contributed by atoms with E-state index in [-0.39, 0.29) is 0 Å². The normalized spacial score (nSPS) is 10.9. The van der Waals surface area contributed by atoms with Gasteiger partial charge in [0, 0.05) is 18.3 Å². The highest BCUT2D eigenvalue weighted by atomic mass is 15.1. The fourth-order valence-electron chi connectivity index (χ4n) is 1.89. The average Bonchev–Trinajstić information content (AvgIpc) is 2.68. The van der Waals surface area contributed by atoms with E-state index in [4.69, 9.17) is 5.73 Å². The van der Waals surface area contributed by atoms with Gasteiger partial charge in [-0.2, -0.15) is 10.2 Å². The van der Waals surface area contributed by atoms with Crippen LogP contribution in [0.4, 0.5) is 5.69 Å². The monoisotopic (exact) mass is 225 g/mol. The van der Waals surface area contributed by atoms with Crippen molar-refractivity contribution in [1.82, 2.24) is 19.7 Å². The number of nitrogens with two attached hydrogens (primary N) is 1. The van der Waals surface area contributed by atoms with Crippen LogP contribution in [-0.2, 0) is 7.05 Å². The maximum absolute atomic E-state index is 5.78. The third kappa shape index (κ3) is 1.52. The molecular formula is C12H11N5. The van der Waals surface area contributed by atoms with Gasteiger partial charge in [0.1, 0.15) is 5.82 Å². The van der Waals surface area contributed by atoms with Gasteiger partial charge in [-0.3, -0.25) is 0 Å². The molecule has 0 unspecified atom stereocenters. The van der Waals surface area contributed by atoms with Gasteiger partial charge in [0.05, 0.1) is 23.4 Å². The minimum atomic E-state index is 0.736. The van der Waals surface area contributed by atoms with Crippen molar-refractivity contribution < 1.29 is 0 Å². The van der Waals surface area contributed by atoms with E-state index in [1.165, 1.54) is 0 Å². The highest BCUT2D eigenvalue weighted by Crippen LogP contribution is 2.23. The molecule has 2 heterocycles. The molecule has 0 radical (unpaired) electrons. The van der Waals surface area contributed by atoms with E-state index in [2.05, 4.69) is 15.2 Å². The van der Waals surface area contributed by atoms with Crippen LogP contribution in [0.2, 0.25) is 0 Å². The van der Waals surface area contributed by atoms with Crippen molar-refractivity contribution in [3.63, 3.8) is 0 Å². The summed E-state index contributed by atoms with van der Waals surface area (Å²) in [5, 5.41) is 7.62. The zero-order valence-corrected chi connectivity index (χ0v) is 9.33. The number of nitrogen functional groups attached to an aromatic ring is 1. The lowest BCUT2D eigenvalue weighted by Crippen LogP contribution is -1.93. The molecule has 84 valence electrons. The fourth-order valence-corrected chi connectivity index (χ4v) is 1.89. The van der Waals surface area contributed by atoms with Crippen LogP contribution >= 0.6 is 0 Å². The average molecular weight is 225 g/mol. The summed E-state index contributed by atoms with van der Waals surface area (Å²) in [5.41, 5.74) is 9.39. The lowest BCUT2D eigenvalue weighted by atomic mass is 10.3. The predicted molar refractivity (Wildman–Crippen MR) is 66.2 cm³/mol. The van der Waals surface area contributed by atoms with E-state index in [1.54, 1.807) is 12.4 Å². The molecule has 0 fully saturated rings. The van der Waals surface area contributed by atoms with Gasteiger partial charge in [-0.05, 0) is 24.3 Å². The number of fused-ring (bicyclic) bond motifs is 1. The van der Waals surface area contributed by atoms with Crippen LogP contribution in [0, 0.1) is 0 Å². The SMILES string of the molecule is Cn1c(-c2ccnnc2)nc2ccc(N)cc21. The van der Waals surface area contributed by atoms with Gasteiger partial charge in [0.15, 0.2) is 0 Å². The molecule has 2 N–H and O–H groups in total. The number of hydrogen-bond donors (Lipinski definition) is 1. The van der Waals surface area contributed by atoms with Crippen molar-refractivity contribution in [3.05, 3.63) is 36.7 Å². The molecule has 17 heavy (non-hydrogen) atoms. The molecule has 0 bridgehead atoms. The molecule has 0 saturated heterocycles. The highest BCUT2D eigenvalue weighted by molar-refractivity contribution is 5.83. The Hall–Kier alpha value is -2.43. The summed E-state index contributed by atoms with van der Waals surface area (Å²) in [6.45, 7) is 0. The number of benzene rings is 1. The summed E-state index contributed by atoms with van der Waals surface area (Å²) in [5.74, 6) is 0.862. The first-order valence-electron chi connectivity index (χ1n) is 5.25. The van der Waals surface area contributed by atoms with Gasteiger partial charge in [-0.25, -0.2) is 4.98 Å². The molecule has 3 rings (SSSR count). The first kappa shape index (κ1) is 9.77. The minimum absolute atomic E-state index is 0.736. The molecule has 1 aromatic carbocycles. The number of hydrogen-bond acceptors (Lipinski definition) is 4. The highest BCUT2D eigenvalue weighted by Gasteiger charge is 2.09. The molecule has 0 amide bonds. The number of rotatable bonds is 1. The Morgan fingerprint density at radius 2 is 2.06 bits per heavy atom. The molecular weight excluding hydrogens is 214 g/mol. The number of aromatic nitrogens is 4. The second kappa shape index (κ2) is 3.55. The van der Waals surface area contributed by atoms with E-state index in [9.17, 15) is 0 Å². The molecule has 0 spiro atoms. The lowest BCUT2D eigenvalue weighted by molar-refractivity contribution is 0.949. The van der Waals surface area contributed by atoms with Crippen molar-refractivity contribution in [2.75, 3.05) is 5.73 Å². The molecule has 0 aliphatic rings. The van der Waals surface area contributed by atoms with E-state index >= 15 is 0 Å². The third-order valence-corrected chi connectivity index (χ3v) is 2.75. The van der Waals surface area contributed by atoms with Gasteiger partial charge in [-0.15, -0.1) is 0 Å².